The van der Waals surface area contributed by atoms with E-state index < -0.39 is 23.6 Å². The molecule has 1 aromatic rings. The lowest BCUT2D eigenvalue weighted by Crippen LogP contribution is -2.42. The summed E-state index contributed by atoms with van der Waals surface area (Å²) < 4.78 is 39.2. The van der Waals surface area contributed by atoms with Crippen LogP contribution in [-0.2, 0) is 11.0 Å². The fourth-order valence-electron chi connectivity index (χ4n) is 3.00. The Morgan fingerprint density at radius 3 is 2.32 bits per heavy atom. The summed E-state index contributed by atoms with van der Waals surface area (Å²) in [6.45, 7) is 4.02. The number of halogens is 3. The Balaban J connectivity index is 2.25. The van der Waals surface area contributed by atoms with Crippen LogP contribution in [-0.4, -0.2) is 35.8 Å². The van der Waals surface area contributed by atoms with Crippen molar-refractivity contribution in [1.29, 1.82) is 0 Å². The molecule has 1 heterocycles. The summed E-state index contributed by atoms with van der Waals surface area (Å²) in [7, 11) is 0. The van der Waals surface area contributed by atoms with E-state index in [1.165, 1.54) is 17.9 Å². The van der Waals surface area contributed by atoms with Gasteiger partial charge in [-0.2, -0.15) is 13.2 Å². The summed E-state index contributed by atoms with van der Waals surface area (Å²) in [6, 6.07) is 2.94. The van der Waals surface area contributed by atoms with Crippen molar-refractivity contribution in [3.63, 3.8) is 0 Å². The number of hydrogen-bond donors (Lipinski definition) is 2. The maximum atomic E-state index is 13.1. The number of rotatable bonds is 3. The molecule has 8 heteroatoms. The molecule has 0 saturated carbocycles. The van der Waals surface area contributed by atoms with Gasteiger partial charge in [-0.25, -0.2) is 0 Å². The van der Waals surface area contributed by atoms with E-state index in [1.807, 2.05) is 6.92 Å². The van der Waals surface area contributed by atoms with Crippen molar-refractivity contribution in [3.05, 3.63) is 29.3 Å². The third-order valence-corrected chi connectivity index (χ3v) is 4.40. The van der Waals surface area contributed by atoms with E-state index >= 15 is 0 Å². The molecule has 0 aliphatic carbocycles. The van der Waals surface area contributed by atoms with Gasteiger partial charge in [0.15, 0.2) is 0 Å². The number of carbonyl (C=O) groups is 2. The minimum absolute atomic E-state index is 0.0252. The van der Waals surface area contributed by atoms with Crippen LogP contribution in [0.25, 0.3) is 0 Å². The van der Waals surface area contributed by atoms with Gasteiger partial charge in [-0.1, -0.05) is 0 Å². The number of hydrogen-bond acceptors (Lipinski definition) is 3. The molecule has 1 aliphatic heterocycles. The number of likely N-dealkylation sites (tertiary alicyclic amines) is 1. The van der Waals surface area contributed by atoms with Gasteiger partial charge in [0.1, 0.15) is 0 Å². The largest absolute Gasteiger partial charge is 0.416 e. The number of nitrogens with zero attached hydrogens (tertiary/aromatic N) is 1. The van der Waals surface area contributed by atoms with Gasteiger partial charge in [-0.3, -0.25) is 9.59 Å². The van der Waals surface area contributed by atoms with E-state index in [9.17, 15) is 22.8 Å². The first-order valence-corrected chi connectivity index (χ1v) is 8.12. The number of piperidine rings is 1. The van der Waals surface area contributed by atoms with Crippen LogP contribution in [0.2, 0.25) is 0 Å². The van der Waals surface area contributed by atoms with Crippen molar-refractivity contribution >= 4 is 17.5 Å². The topological polar surface area (TPSA) is 75.4 Å². The van der Waals surface area contributed by atoms with E-state index in [-0.39, 0.29) is 17.3 Å². The lowest BCUT2D eigenvalue weighted by Gasteiger charge is -2.34. The molecule has 0 bridgehead atoms. The Hall–Kier alpha value is -2.09. The summed E-state index contributed by atoms with van der Waals surface area (Å²) >= 11 is 0. The smallest absolute Gasteiger partial charge is 0.339 e. The van der Waals surface area contributed by atoms with Gasteiger partial charge in [-0.15, -0.1) is 0 Å². The third-order valence-electron chi connectivity index (χ3n) is 4.40. The SMILES string of the molecule is CC(=O)Nc1cc(C(=O)N2CCC(C(C)N)CC2)cc(C(F)(F)F)c1. The van der Waals surface area contributed by atoms with Crippen molar-refractivity contribution in [2.24, 2.45) is 11.7 Å². The molecule has 1 unspecified atom stereocenters. The number of nitrogens with one attached hydrogen (secondary N) is 1. The number of amides is 2. The van der Waals surface area contributed by atoms with Crippen LogP contribution in [0.1, 0.15) is 42.6 Å². The summed E-state index contributed by atoms with van der Waals surface area (Å²) in [6.07, 6.45) is -3.16. The van der Waals surface area contributed by atoms with Crippen LogP contribution in [0.5, 0.6) is 0 Å². The zero-order chi connectivity index (χ0) is 18.8. The van der Waals surface area contributed by atoms with Crippen LogP contribution in [0.3, 0.4) is 0 Å². The maximum absolute atomic E-state index is 13.1. The predicted molar refractivity (Wildman–Crippen MR) is 88.0 cm³/mol. The van der Waals surface area contributed by atoms with Gasteiger partial charge in [0.25, 0.3) is 5.91 Å². The normalized spacial score (nSPS) is 17.3. The van der Waals surface area contributed by atoms with Crippen LogP contribution in [0.4, 0.5) is 18.9 Å². The zero-order valence-electron chi connectivity index (χ0n) is 14.2. The zero-order valence-corrected chi connectivity index (χ0v) is 14.2. The Morgan fingerprint density at radius 1 is 1.24 bits per heavy atom. The first kappa shape index (κ1) is 19.2. The molecular weight excluding hydrogens is 335 g/mol. The lowest BCUT2D eigenvalue weighted by molar-refractivity contribution is -0.137. The second-order valence-corrected chi connectivity index (χ2v) is 6.47. The summed E-state index contributed by atoms with van der Waals surface area (Å²) in [4.78, 5) is 25.3. The molecular formula is C17H22F3N3O2. The van der Waals surface area contributed by atoms with Gasteiger partial charge in [0, 0.05) is 37.3 Å². The van der Waals surface area contributed by atoms with Gasteiger partial charge in [0.2, 0.25) is 5.91 Å². The average molecular weight is 357 g/mol. The Labute approximate surface area is 144 Å². The average Bonchev–Trinajstić information content (AvgIpc) is 2.52. The van der Waals surface area contributed by atoms with E-state index in [4.69, 9.17) is 5.73 Å². The number of carbonyl (C=O) groups excluding carboxylic acids is 2. The van der Waals surface area contributed by atoms with Gasteiger partial charge < -0.3 is 16.0 Å². The molecule has 2 rings (SSSR count). The van der Waals surface area contributed by atoms with E-state index in [0.29, 0.717) is 19.0 Å². The first-order valence-electron chi connectivity index (χ1n) is 8.12. The Kier molecular flexibility index (Phi) is 5.72. The molecule has 1 atom stereocenters. The Morgan fingerprint density at radius 2 is 1.84 bits per heavy atom. The standard InChI is InChI=1S/C17H22F3N3O2/c1-10(21)12-3-5-23(6-4-12)16(25)13-7-14(17(18,19)20)9-15(8-13)22-11(2)24/h7-10,12H,3-6,21H2,1-2H3,(H,22,24). The van der Waals surface area contributed by atoms with Crippen LogP contribution >= 0.6 is 0 Å². The highest BCUT2D eigenvalue weighted by Crippen LogP contribution is 2.32. The van der Waals surface area contributed by atoms with Gasteiger partial charge in [0.05, 0.1) is 5.56 Å². The summed E-state index contributed by atoms with van der Waals surface area (Å²) in [5, 5.41) is 2.31. The van der Waals surface area contributed by atoms with Crippen LogP contribution < -0.4 is 11.1 Å². The molecule has 1 fully saturated rings. The van der Waals surface area contributed by atoms with Crippen molar-refractivity contribution in [2.45, 2.75) is 38.9 Å². The van der Waals surface area contributed by atoms with Crippen molar-refractivity contribution in [2.75, 3.05) is 18.4 Å². The minimum Gasteiger partial charge on any atom is -0.339 e. The minimum atomic E-state index is -4.61. The molecule has 3 N–H and O–H groups in total. The molecule has 2 amide bonds. The first-order chi connectivity index (χ1) is 11.6. The van der Waals surface area contributed by atoms with Gasteiger partial charge in [-0.05, 0) is 43.9 Å². The van der Waals surface area contributed by atoms with E-state index in [1.54, 1.807) is 0 Å². The summed E-state index contributed by atoms with van der Waals surface area (Å²) in [5.74, 6) is -0.670. The van der Waals surface area contributed by atoms with E-state index in [2.05, 4.69) is 5.32 Å². The molecule has 5 nitrogen and oxygen atoms in total. The molecule has 0 aromatic heterocycles. The monoisotopic (exact) mass is 357 g/mol. The van der Waals surface area contributed by atoms with Crippen LogP contribution in [0.15, 0.2) is 18.2 Å². The van der Waals surface area contributed by atoms with Gasteiger partial charge >= 0.3 is 6.18 Å². The second-order valence-electron chi connectivity index (χ2n) is 6.47. The number of nitrogens with two attached hydrogens (primary N) is 1. The number of alkyl halides is 3. The third kappa shape index (κ3) is 4.94. The number of benzene rings is 1. The molecule has 1 aliphatic rings. The fraction of sp³-hybridized carbons (Fsp3) is 0.529. The molecule has 1 aromatic carbocycles. The highest BCUT2D eigenvalue weighted by Gasteiger charge is 2.33. The van der Waals surface area contributed by atoms with Crippen LogP contribution in [0, 0.1) is 5.92 Å². The summed E-state index contributed by atoms with van der Waals surface area (Å²) in [5.41, 5.74) is 4.77. The Bertz CT molecular complexity index is 651. The van der Waals surface area contributed by atoms with Crippen molar-refractivity contribution in [1.82, 2.24) is 4.90 Å². The molecule has 0 spiro atoms. The lowest BCUT2D eigenvalue weighted by atomic mass is 9.90. The molecule has 1 saturated heterocycles. The van der Waals surface area contributed by atoms with Crippen molar-refractivity contribution < 1.29 is 22.8 Å². The number of anilines is 1. The highest BCUT2D eigenvalue weighted by atomic mass is 19.4. The fourth-order valence-corrected chi connectivity index (χ4v) is 3.00. The molecule has 25 heavy (non-hydrogen) atoms. The second kappa shape index (κ2) is 7.43. The quantitative estimate of drug-likeness (QED) is 0.873. The van der Waals surface area contributed by atoms with Crippen molar-refractivity contribution in [3.8, 4) is 0 Å². The van der Waals surface area contributed by atoms with E-state index in [0.717, 1.165) is 25.0 Å². The predicted octanol–water partition coefficient (Wildman–Crippen LogP) is 2.86. The molecule has 138 valence electrons. The highest BCUT2D eigenvalue weighted by molar-refractivity contribution is 5.97. The molecule has 0 radical (unpaired) electrons. The maximum Gasteiger partial charge on any atom is 0.416 e.